The first-order valence-corrected chi connectivity index (χ1v) is 8.35. The van der Waals surface area contributed by atoms with Crippen LogP contribution in [0.3, 0.4) is 0 Å². The Hall–Kier alpha value is -0.780. The van der Waals surface area contributed by atoms with Crippen LogP contribution in [0.5, 0.6) is 0 Å². The van der Waals surface area contributed by atoms with E-state index in [4.69, 9.17) is 0 Å². The zero-order valence-electron chi connectivity index (χ0n) is 13.9. The predicted molar refractivity (Wildman–Crippen MR) is 81.6 cm³/mol. The highest BCUT2D eigenvalue weighted by Gasteiger charge is 2.40. The number of carbonyl (C=O) groups excluding carboxylic acids is 1. The average molecular weight is 322 g/mol. The molecule has 22 heavy (non-hydrogen) atoms. The van der Waals surface area contributed by atoms with E-state index < -0.39 is 12.1 Å². The smallest absolute Gasteiger partial charge is 0.345 e. The van der Waals surface area contributed by atoms with Crippen LogP contribution >= 0.6 is 0 Å². The molecule has 1 fully saturated rings. The Morgan fingerprint density at radius 1 is 1.18 bits per heavy atom. The lowest BCUT2D eigenvalue weighted by Gasteiger charge is -2.45. The van der Waals surface area contributed by atoms with Crippen molar-refractivity contribution in [1.29, 1.82) is 0 Å². The molecular formula is C16H29F3N2O. The summed E-state index contributed by atoms with van der Waals surface area (Å²) in [5.41, 5.74) is 0.119. The molecule has 0 spiro atoms. The summed E-state index contributed by atoms with van der Waals surface area (Å²) in [6, 6.07) is -0.359. The number of alkyl halides is 3. The Bertz CT molecular complexity index is 352. The van der Waals surface area contributed by atoms with Gasteiger partial charge in [-0.25, -0.2) is 0 Å². The molecule has 1 unspecified atom stereocenters. The van der Waals surface area contributed by atoms with Crippen molar-refractivity contribution in [2.75, 3.05) is 13.1 Å². The van der Waals surface area contributed by atoms with Crippen LogP contribution in [0.15, 0.2) is 0 Å². The Labute approximate surface area is 131 Å². The van der Waals surface area contributed by atoms with E-state index in [0.717, 1.165) is 25.9 Å². The fourth-order valence-corrected chi connectivity index (χ4v) is 3.15. The van der Waals surface area contributed by atoms with E-state index in [-0.39, 0.29) is 11.6 Å². The first-order chi connectivity index (χ1) is 10.2. The highest BCUT2D eigenvalue weighted by Crippen LogP contribution is 2.29. The minimum atomic E-state index is -4.78. The number of nitrogens with zero attached hydrogens (tertiary/aromatic N) is 1. The van der Waals surface area contributed by atoms with Crippen LogP contribution in [0.25, 0.3) is 0 Å². The second-order valence-electron chi connectivity index (χ2n) is 6.54. The maximum absolute atomic E-state index is 12.3. The van der Waals surface area contributed by atoms with Gasteiger partial charge in [-0.2, -0.15) is 13.2 Å². The SMILES string of the molecule is CCCCCC(C)(CC)N1CCC(NC(=O)C(F)(F)F)CC1. The summed E-state index contributed by atoms with van der Waals surface area (Å²) in [4.78, 5) is 13.4. The van der Waals surface area contributed by atoms with Gasteiger partial charge in [0.1, 0.15) is 0 Å². The first-order valence-electron chi connectivity index (χ1n) is 8.35. The molecule has 6 heteroatoms. The van der Waals surface area contributed by atoms with Gasteiger partial charge in [0, 0.05) is 24.7 Å². The van der Waals surface area contributed by atoms with Gasteiger partial charge in [0.05, 0.1) is 0 Å². The molecule has 130 valence electrons. The van der Waals surface area contributed by atoms with Crippen molar-refractivity contribution in [3.8, 4) is 0 Å². The van der Waals surface area contributed by atoms with Crippen molar-refractivity contribution < 1.29 is 18.0 Å². The highest BCUT2D eigenvalue weighted by atomic mass is 19.4. The Balaban J connectivity index is 2.47. The topological polar surface area (TPSA) is 32.3 Å². The molecule has 1 aliphatic heterocycles. The molecule has 0 aromatic heterocycles. The van der Waals surface area contributed by atoms with Crippen molar-refractivity contribution >= 4 is 5.91 Å². The van der Waals surface area contributed by atoms with Crippen molar-refractivity contribution in [1.82, 2.24) is 10.2 Å². The number of carbonyl (C=O) groups is 1. The summed E-state index contributed by atoms with van der Waals surface area (Å²) >= 11 is 0. The third-order valence-corrected chi connectivity index (χ3v) is 4.93. The Kier molecular flexibility index (Phi) is 7.16. The van der Waals surface area contributed by atoms with Gasteiger partial charge in [0.15, 0.2) is 0 Å². The second-order valence-corrected chi connectivity index (χ2v) is 6.54. The molecule has 0 saturated carbocycles. The van der Waals surface area contributed by atoms with Crippen LogP contribution in [-0.4, -0.2) is 41.7 Å². The van der Waals surface area contributed by atoms with Crippen LogP contribution < -0.4 is 5.32 Å². The maximum atomic E-state index is 12.3. The summed E-state index contributed by atoms with van der Waals surface area (Å²) < 4.78 is 36.8. The number of hydrogen-bond acceptors (Lipinski definition) is 2. The van der Waals surface area contributed by atoms with E-state index in [9.17, 15) is 18.0 Å². The molecule has 1 heterocycles. The van der Waals surface area contributed by atoms with Gasteiger partial charge < -0.3 is 5.32 Å². The normalized spacial score (nSPS) is 20.6. The molecule has 0 radical (unpaired) electrons. The van der Waals surface area contributed by atoms with E-state index in [0.29, 0.717) is 12.8 Å². The molecule has 0 aliphatic carbocycles. The maximum Gasteiger partial charge on any atom is 0.471 e. The van der Waals surface area contributed by atoms with Crippen LogP contribution in [0.1, 0.15) is 65.7 Å². The fourth-order valence-electron chi connectivity index (χ4n) is 3.15. The van der Waals surface area contributed by atoms with E-state index in [1.807, 2.05) is 0 Å². The highest BCUT2D eigenvalue weighted by molar-refractivity contribution is 5.81. The molecule has 1 amide bonds. The van der Waals surface area contributed by atoms with Gasteiger partial charge in [0.25, 0.3) is 0 Å². The summed E-state index contributed by atoms with van der Waals surface area (Å²) in [6.07, 6.45) is 2.14. The quantitative estimate of drug-likeness (QED) is 0.722. The zero-order chi connectivity index (χ0) is 16.8. The summed E-state index contributed by atoms with van der Waals surface area (Å²) in [6.45, 7) is 8.09. The third-order valence-electron chi connectivity index (χ3n) is 4.93. The third kappa shape index (κ3) is 5.45. The van der Waals surface area contributed by atoms with E-state index in [1.54, 1.807) is 0 Å². The van der Waals surface area contributed by atoms with Gasteiger partial charge in [-0.3, -0.25) is 9.69 Å². The van der Waals surface area contributed by atoms with Crippen LogP contribution in [0.4, 0.5) is 13.2 Å². The lowest BCUT2D eigenvalue weighted by Crippen LogP contribution is -2.54. The minimum absolute atomic E-state index is 0.119. The number of unbranched alkanes of at least 4 members (excludes halogenated alkanes) is 2. The largest absolute Gasteiger partial charge is 0.471 e. The molecule has 1 saturated heterocycles. The van der Waals surface area contributed by atoms with E-state index in [2.05, 4.69) is 31.0 Å². The number of amides is 1. The van der Waals surface area contributed by atoms with E-state index in [1.165, 1.54) is 19.3 Å². The molecule has 3 nitrogen and oxygen atoms in total. The summed E-state index contributed by atoms with van der Waals surface area (Å²) in [5, 5.41) is 2.11. The molecular weight excluding hydrogens is 293 g/mol. The van der Waals surface area contributed by atoms with Gasteiger partial charge in [-0.1, -0.05) is 33.1 Å². The Morgan fingerprint density at radius 3 is 2.23 bits per heavy atom. The van der Waals surface area contributed by atoms with Crippen molar-refractivity contribution in [3.05, 3.63) is 0 Å². The number of rotatable bonds is 7. The molecule has 0 bridgehead atoms. The van der Waals surface area contributed by atoms with Crippen molar-refractivity contribution in [3.63, 3.8) is 0 Å². The van der Waals surface area contributed by atoms with Gasteiger partial charge in [0.2, 0.25) is 0 Å². The first kappa shape index (κ1) is 19.3. The van der Waals surface area contributed by atoms with Gasteiger partial charge >= 0.3 is 12.1 Å². The number of nitrogens with one attached hydrogen (secondary N) is 1. The minimum Gasteiger partial charge on any atom is -0.345 e. The lowest BCUT2D eigenvalue weighted by atomic mass is 9.87. The standard InChI is InChI=1S/C16H29F3N2O/c1-4-6-7-10-15(3,5-2)21-11-8-13(9-12-21)20-14(22)16(17,18)19/h13H,4-12H2,1-3H3,(H,20,22). The number of halogens is 3. The fraction of sp³-hybridized carbons (Fsp3) is 0.938. The van der Waals surface area contributed by atoms with Gasteiger partial charge in [-0.05, 0) is 32.6 Å². The van der Waals surface area contributed by atoms with E-state index >= 15 is 0 Å². The molecule has 1 atom stereocenters. The average Bonchev–Trinajstić information content (AvgIpc) is 2.47. The molecule has 1 rings (SSSR count). The zero-order valence-corrected chi connectivity index (χ0v) is 13.9. The summed E-state index contributed by atoms with van der Waals surface area (Å²) in [7, 11) is 0. The number of likely N-dealkylation sites (tertiary alicyclic amines) is 1. The van der Waals surface area contributed by atoms with Crippen LogP contribution in [-0.2, 0) is 4.79 Å². The number of hydrogen-bond donors (Lipinski definition) is 1. The molecule has 0 aromatic carbocycles. The molecule has 1 N–H and O–H groups in total. The van der Waals surface area contributed by atoms with Gasteiger partial charge in [-0.15, -0.1) is 0 Å². The summed E-state index contributed by atoms with van der Waals surface area (Å²) in [5.74, 6) is -1.81. The van der Waals surface area contributed by atoms with Crippen LogP contribution in [0.2, 0.25) is 0 Å². The molecule has 1 aliphatic rings. The number of piperidine rings is 1. The monoisotopic (exact) mass is 322 g/mol. The van der Waals surface area contributed by atoms with Crippen LogP contribution in [0, 0.1) is 0 Å². The van der Waals surface area contributed by atoms with Crippen molar-refractivity contribution in [2.24, 2.45) is 0 Å². The predicted octanol–water partition coefficient (Wildman–Crippen LogP) is 3.88. The lowest BCUT2D eigenvalue weighted by molar-refractivity contribution is -0.174. The second kappa shape index (κ2) is 8.18. The Morgan fingerprint density at radius 2 is 1.77 bits per heavy atom. The van der Waals surface area contributed by atoms with Crippen molar-refractivity contribution in [2.45, 2.75) is 83.5 Å². The molecule has 0 aromatic rings.